The Bertz CT molecular complexity index is 734. The van der Waals surface area contributed by atoms with Gasteiger partial charge < -0.3 is 11.1 Å². The second-order valence-corrected chi connectivity index (χ2v) is 4.19. The van der Waals surface area contributed by atoms with E-state index in [9.17, 15) is 4.79 Å². The average Bonchev–Trinajstić information content (AvgIpc) is 2.81. The summed E-state index contributed by atoms with van der Waals surface area (Å²) in [7, 11) is 0. The fourth-order valence-corrected chi connectivity index (χ4v) is 1.90. The van der Waals surface area contributed by atoms with Crippen molar-refractivity contribution < 1.29 is 4.79 Å². The van der Waals surface area contributed by atoms with Gasteiger partial charge in [-0.1, -0.05) is 18.2 Å². The molecule has 0 atom stereocenters. The quantitative estimate of drug-likeness (QED) is 0.654. The molecule has 1 aromatic heterocycles. The van der Waals surface area contributed by atoms with Crippen molar-refractivity contribution in [1.29, 1.82) is 0 Å². The van der Waals surface area contributed by atoms with Crippen LogP contribution in [-0.4, -0.2) is 16.1 Å². The van der Waals surface area contributed by atoms with Gasteiger partial charge in [-0.15, -0.1) is 0 Å². The first-order valence-corrected chi connectivity index (χ1v) is 5.84. The number of nitrogens with two attached hydrogens (primary N) is 1. The normalized spacial score (nSPS) is 10.5. The van der Waals surface area contributed by atoms with E-state index in [4.69, 9.17) is 5.73 Å². The molecule has 1 heterocycles. The second kappa shape index (κ2) is 4.45. The van der Waals surface area contributed by atoms with Crippen LogP contribution in [0, 0.1) is 0 Å². The number of aromatic nitrogens is 2. The van der Waals surface area contributed by atoms with Crippen LogP contribution in [-0.2, 0) is 0 Å². The number of aromatic amines is 1. The van der Waals surface area contributed by atoms with Gasteiger partial charge in [-0.3, -0.25) is 9.89 Å². The Kier molecular flexibility index (Phi) is 2.64. The number of carbonyl (C=O) groups excluding carboxylic acids is 1. The van der Waals surface area contributed by atoms with Gasteiger partial charge in [0.25, 0.3) is 5.91 Å². The highest BCUT2D eigenvalue weighted by molar-refractivity contribution is 6.05. The summed E-state index contributed by atoms with van der Waals surface area (Å²) in [6.07, 6.45) is 0. The van der Waals surface area contributed by atoms with E-state index >= 15 is 0 Å². The van der Waals surface area contributed by atoms with Crippen LogP contribution < -0.4 is 11.1 Å². The van der Waals surface area contributed by atoms with Crippen LogP contribution in [0.2, 0.25) is 0 Å². The predicted molar refractivity (Wildman–Crippen MR) is 74.9 cm³/mol. The highest BCUT2D eigenvalue weighted by Gasteiger charge is 2.07. The van der Waals surface area contributed by atoms with Crippen LogP contribution in [0.4, 0.5) is 11.5 Å². The van der Waals surface area contributed by atoms with Crippen molar-refractivity contribution in [3.8, 4) is 0 Å². The molecule has 3 rings (SSSR count). The van der Waals surface area contributed by atoms with E-state index < -0.39 is 0 Å². The molecule has 0 spiro atoms. The molecule has 94 valence electrons. The molecular formula is C14H12N4O. The molecule has 0 saturated heterocycles. The van der Waals surface area contributed by atoms with E-state index in [0.29, 0.717) is 17.1 Å². The van der Waals surface area contributed by atoms with Gasteiger partial charge in [0.2, 0.25) is 0 Å². The van der Waals surface area contributed by atoms with E-state index in [0.717, 1.165) is 10.9 Å². The number of anilines is 2. The minimum atomic E-state index is -0.151. The van der Waals surface area contributed by atoms with Crippen LogP contribution in [0.15, 0.2) is 48.5 Å². The summed E-state index contributed by atoms with van der Waals surface area (Å²) in [6.45, 7) is 0. The number of benzene rings is 2. The van der Waals surface area contributed by atoms with E-state index in [1.807, 2.05) is 24.3 Å². The van der Waals surface area contributed by atoms with E-state index in [-0.39, 0.29) is 5.91 Å². The zero-order valence-corrected chi connectivity index (χ0v) is 10.1. The molecule has 2 aromatic carbocycles. The van der Waals surface area contributed by atoms with E-state index in [2.05, 4.69) is 15.5 Å². The van der Waals surface area contributed by atoms with Crippen molar-refractivity contribution in [2.45, 2.75) is 0 Å². The van der Waals surface area contributed by atoms with Crippen molar-refractivity contribution in [1.82, 2.24) is 10.2 Å². The summed E-state index contributed by atoms with van der Waals surface area (Å²) in [4.78, 5) is 12.0. The molecule has 0 radical (unpaired) electrons. The van der Waals surface area contributed by atoms with Gasteiger partial charge in [-0.25, -0.2) is 0 Å². The number of H-pyrrole nitrogens is 1. The number of nitrogen functional groups attached to an aromatic ring is 1. The molecule has 5 heteroatoms. The number of rotatable bonds is 2. The first-order valence-electron chi connectivity index (χ1n) is 5.84. The monoisotopic (exact) mass is 252 g/mol. The number of nitrogens with one attached hydrogen (secondary N) is 2. The third-order valence-electron chi connectivity index (χ3n) is 2.89. The Morgan fingerprint density at radius 2 is 1.95 bits per heavy atom. The molecule has 0 fully saturated rings. The average molecular weight is 252 g/mol. The Hall–Kier alpha value is -2.82. The summed E-state index contributed by atoms with van der Waals surface area (Å²) in [5.41, 5.74) is 7.88. The van der Waals surface area contributed by atoms with Crippen molar-refractivity contribution in [2.75, 3.05) is 11.1 Å². The SMILES string of the molecule is Nc1n[nH]c2ccc(NC(=O)c3ccccc3)cc12. The number of amides is 1. The molecule has 5 nitrogen and oxygen atoms in total. The van der Waals surface area contributed by atoms with Crippen molar-refractivity contribution >= 4 is 28.3 Å². The minimum Gasteiger partial charge on any atom is -0.382 e. The highest BCUT2D eigenvalue weighted by Crippen LogP contribution is 2.22. The van der Waals surface area contributed by atoms with Gasteiger partial charge >= 0.3 is 0 Å². The van der Waals surface area contributed by atoms with Crippen LogP contribution >= 0.6 is 0 Å². The number of carbonyl (C=O) groups is 1. The molecular weight excluding hydrogens is 240 g/mol. The highest BCUT2D eigenvalue weighted by atomic mass is 16.1. The maximum absolute atomic E-state index is 12.0. The summed E-state index contributed by atoms with van der Waals surface area (Å²) < 4.78 is 0. The Morgan fingerprint density at radius 1 is 1.16 bits per heavy atom. The Balaban J connectivity index is 1.89. The van der Waals surface area contributed by atoms with Crippen molar-refractivity contribution in [2.24, 2.45) is 0 Å². The molecule has 0 bridgehead atoms. The zero-order chi connectivity index (χ0) is 13.2. The second-order valence-electron chi connectivity index (χ2n) is 4.19. The lowest BCUT2D eigenvalue weighted by Crippen LogP contribution is -2.11. The van der Waals surface area contributed by atoms with Crippen LogP contribution in [0.3, 0.4) is 0 Å². The lowest BCUT2D eigenvalue weighted by Gasteiger charge is -2.05. The Labute approximate surface area is 109 Å². The molecule has 0 aliphatic heterocycles. The zero-order valence-electron chi connectivity index (χ0n) is 10.1. The number of hydrogen-bond acceptors (Lipinski definition) is 3. The number of hydrogen-bond donors (Lipinski definition) is 3. The van der Waals surface area contributed by atoms with Gasteiger partial charge in [-0.05, 0) is 30.3 Å². The summed E-state index contributed by atoms with van der Waals surface area (Å²) in [6, 6.07) is 14.5. The smallest absolute Gasteiger partial charge is 0.255 e. The summed E-state index contributed by atoms with van der Waals surface area (Å²) >= 11 is 0. The topological polar surface area (TPSA) is 83.8 Å². The third-order valence-corrected chi connectivity index (χ3v) is 2.89. The van der Waals surface area contributed by atoms with Crippen molar-refractivity contribution in [3.63, 3.8) is 0 Å². The summed E-state index contributed by atoms with van der Waals surface area (Å²) in [5.74, 6) is 0.271. The number of nitrogens with zero attached hydrogens (tertiary/aromatic N) is 1. The van der Waals surface area contributed by atoms with Crippen LogP contribution in [0.5, 0.6) is 0 Å². The largest absolute Gasteiger partial charge is 0.382 e. The minimum absolute atomic E-state index is 0.151. The molecule has 4 N–H and O–H groups in total. The molecule has 3 aromatic rings. The lowest BCUT2D eigenvalue weighted by atomic mass is 10.2. The standard InChI is InChI=1S/C14H12N4O/c15-13-11-8-10(6-7-12(11)17-18-13)16-14(19)9-4-2-1-3-5-9/h1-8H,(H,16,19)(H3,15,17,18). The van der Waals surface area contributed by atoms with Gasteiger partial charge in [0, 0.05) is 16.6 Å². The fraction of sp³-hybridized carbons (Fsp3) is 0. The van der Waals surface area contributed by atoms with Gasteiger partial charge in [0.1, 0.15) is 0 Å². The van der Waals surface area contributed by atoms with E-state index in [1.165, 1.54) is 0 Å². The van der Waals surface area contributed by atoms with Gasteiger partial charge in [0.05, 0.1) is 5.52 Å². The molecule has 0 saturated carbocycles. The first kappa shape index (κ1) is 11.3. The lowest BCUT2D eigenvalue weighted by molar-refractivity contribution is 0.102. The van der Waals surface area contributed by atoms with Gasteiger partial charge in [-0.2, -0.15) is 5.10 Å². The van der Waals surface area contributed by atoms with Gasteiger partial charge in [0.15, 0.2) is 5.82 Å². The molecule has 1 amide bonds. The van der Waals surface area contributed by atoms with E-state index in [1.54, 1.807) is 24.3 Å². The number of fused-ring (bicyclic) bond motifs is 1. The maximum Gasteiger partial charge on any atom is 0.255 e. The summed E-state index contributed by atoms with van der Waals surface area (Å²) in [5, 5.41) is 10.4. The Morgan fingerprint density at radius 3 is 2.74 bits per heavy atom. The van der Waals surface area contributed by atoms with Crippen LogP contribution in [0.1, 0.15) is 10.4 Å². The first-order chi connectivity index (χ1) is 9.24. The molecule has 0 aliphatic rings. The van der Waals surface area contributed by atoms with Crippen LogP contribution in [0.25, 0.3) is 10.9 Å². The fourth-order valence-electron chi connectivity index (χ4n) is 1.90. The third kappa shape index (κ3) is 2.13. The predicted octanol–water partition coefficient (Wildman–Crippen LogP) is 2.40. The molecule has 19 heavy (non-hydrogen) atoms. The van der Waals surface area contributed by atoms with Crippen molar-refractivity contribution in [3.05, 3.63) is 54.1 Å². The molecule has 0 unspecified atom stereocenters. The molecule has 0 aliphatic carbocycles. The maximum atomic E-state index is 12.0.